The van der Waals surface area contributed by atoms with Gasteiger partial charge in [0.05, 0.1) is 11.5 Å². The van der Waals surface area contributed by atoms with Gasteiger partial charge in [-0.05, 0) is 79.0 Å². The summed E-state index contributed by atoms with van der Waals surface area (Å²) in [4.78, 5) is 12.3. The van der Waals surface area contributed by atoms with Crippen molar-refractivity contribution in [3.05, 3.63) is 29.3 Å². The Bertz CT molecular complexity index is 640. The molecule has 0 bridgehead atoms. The van der Waals surface area contributed by atoms with Gasteiger partial charge in [-0.25, -0.2) is 0 Å². The highest BCUT2D eigenvalue weighted by molar-refractivity contribution is 5.72. The standard InChI is InChI=1S/C20H26O3/c1-2-19-7-8-20(12-21)16-6-4-14(22)9-13(16)3-5-17(20)18(19)10-15(23)11-19/h4,6,9,12,15,17-18,22-23H,2-3,5,7-8,10-11H2,1H3/t15-,17+,18+,19-,20+/m1/s1. The van der Waals surface area contributed by atoms with Gasteiger partial charge >= 0.3 is 0 Å². The highest BCUT2D eigenvalue weighted by Gasteiger charge is 2.60. The number of carbonyl (C=O) groups excluding carboxylic acids is 1. The van der Waals surface area contributed by atoms with Crippen molar-refractivity contribution in [3.8, 4) is 5.75 Å². The van der Waals surface area contributed by atoms with Crippen LogP contribution in [0, 0.1) is 17.3 Å². The van der Waals surface area contributed by atoms with Crippen LogP contribution >= 0.6 is 0 Å². The van der Waals surface area contributed by atoms with Gasteiger partial charge in [0.2, 0.25) is 0 Å². The van der Waals surface area contributed by atoms with Crippen LogP contribution in [0.4, 0.5) is 0 Å². The van der Waals surface area contributed by atoms with Crippen LogP contribution in [0.3, 0.4) is 0 Å². The molecule has 0 radical (unpaired) electrons. The van der Waals surface area contributed by atoms with Crippen molar-refractivity contribution in [2.75, 3.05) is 0 Å². The first-order chi connectivity index (χ1) is 11.0. The summed E-state index contributed by atoms with van der Waals surface area (Å²) in [6.07, 6.45) is 7.67. The van der Waals surface area contributed by atoms with Crippen LogP contribution in [-0.2, 0) is 16.6 Å². The maximum Gasteiger partial charge on any atom is 0.130 e. The number of rotatable bonds is 2. The number of phenolic OH excluding ortho intramolecular Hbond substituents is 1. The van der Waals surface area contributed by atoms with Gasteiger partial charge in [-0.3, -0.25) is 0 Å². The molecule has 3 aliphatic rings. The maximum absolute atomic E-state index is 12.3. The molecule has 3 nitrogen and oxygen atoms in total. The second-order valence-electron chi connectivity index (χ2n) is 8.06. The molecular formula is C20H26O3. The van der Waals surface area contributed by atoms with Crippen LogP contribution in [-0.4, -0.2) is 22.6 Å². The van der Waals surface area contributed by atoms with E-state index in [-0.39, 0.29) is 11.5 Å². The Labute approximate surface area is 137 Å². The molecule has 1 aromatic rings. The summed E-state index contributed by atoms with van der Waals surface area (Å²) >= 11 is 0. The number of hydrogen-bond donors (Lipinski definition) is 2. The lowest BCUT2D eigenvalue weighted by Crippen LogP contribution is -2.52. The van der Waals surface area contributed by atoms with Gasteiger partial charge in [-0.15, -0.1) is 0 Å². The molecule has 23 heavy (non-hydrogen) atoms. The highest BCUT2D eigenvalue weighted by atomic mass is 16.3. The molecular weight excluding hydrogens is 288 g/mol. The lowest BCUT2D eigenvalue weighted by Gasteiger charge is -2.55. The Morgan fingerprint density at radius 3 is 2.87 bits per heavy atom. The number of benzene rings is 1. The molecule has 5 atom stereocenters. The molecule has 0 aromatic heterocycles. The normalized spacial score (nSPS) is 41.7. The number of carbonyl (C=O) groups is 1. The van der Waals surface area contributed by atoms with E-state index < -0.39 is 5.41 Å². The minimum Gasteiger partial charge on any atom is -0.508 e. The average molecular weight is 314 g/mol. The molecule has 3 aliphatic carbocycles. The van der Waals surface area contributed by atoms with Gasteiger partial charge in [-0.2, -0.15) is 0 Å². The number of phenols is 1. The van der Waals surface area contributed by atoms with E-state index >= 15 is 0 Å². The largest absolute Gasteiger partial charge is 0.508 e. The van der Waals surface area contributed by atoms with Crippen molar-refractivity contribution in [1.29, 1.82) is 0 Å². The predicted molar refractivity (Wildman–Crippen MR) is 88.3 cm³/mol. The van der Waals surface area contributed by atoms with E-state index in [0.717, 1.165) is 56.1 Å². The Kier molecular flexibility index (Phi) is 3.35. The molecule has 1 aromatic carbocycles. The minimum atomic E-state index is -0.408. The highest BCUT2D eigenvalue weighted by Crippen LogP contribution is 2.64. The van der Waals surface area contributed by atoms with Crippen molar-refractivity contribution in [2.24, 2.45) is 17.3 Å². The smallest absolute Gasteiger partial charge is 0.130 e. The van der Waals surface area contributed by atoms with E-state index in [2.05, 4.69) is 6.92 Å². The van der Waals surface area contributed by atoms with E-state index in [1.165, 1.54) is 6.29 Å². The monoisotopic (exact) mass is 314 g/mol. The van der Waals surface area contributed by atoms with Crippen molar-refractivity contribution in [1.82, 2.24) is 0 Å². The lowest BCUT2D eigenvalue weighted by molar-refractivity contribution is -0.121. The third-order valence-electron chi connectivity index (χ3n) is 7.37. The number of fused-ring (bicyclic) bond motifs is 5. The van der Waals surface area contributed by atoms with Crippen molar-refractivity contribution in [2.45, 2.75) is 63.4 Å². The molecule has 3 heteroatoms. The summed E-state index contributed by atoms with van der Waals surface area (Å²) in [5.74, 6) is 1.07. The van der Waals surface area contributed by atoms with Gasteiger partial charge < -0.3 is 15.0 Å². The first kappa shape index (κ1) is 15.2. The van der Waals surface area contributed by atoms with Gasteiger partial charge in [0.25, 0.3) is 0 Å². The zero-order valence-corrected chi connectivity index (χ0v) is 13.8. The van der Waals surface area contributed by atoms with Crippen LogP contribution in [0.15, 0.2) is 18.2 Å². The number of aromatic hydroxyl groups is 1. The molecule has 2 N–H and O–H groups in total. The van der Waals surface area contributed by atoms with Gasteiger partial charge in [0.15, 0.2) is 0 Å². The van der Waals surface area contributed by atoms with Crippen LogP contribution in [0.25, 0.3) is 0 Å². The van der Waals surface area contributed by atoms with Crippen LogP contribution in [0.1, 0.15) is 56.6 Å². The first-order valence-corrected chi connectivity index (χ1v) is 9.01. The summed E-state index contributed by atoms with van der Waals surface area (Å²) in [5.41, 5.74) is 2.09. The number of aliphatic hydroxyl groups is 1. The van der Waals surface area contributed by atoms with Gasteiger partial charge in [0.1, 0.15) is 12.0 Å². The molecule has 124 valence electrons. The van der Waals surface area contributed by atoms with E-state index in [9.17, 15) is 15.0 Å². The quantitative estimate of drug-likeness (QED) is 0.823. The summed E-state index contributed by atoms with van der Waals surface area (Å²) in [7, 11) is 0. The molecule has 2 fully saturated rings. The third kappa shape index (κ3) is 1.95. The fourth-order valence-electron chi connectivity index (χ4n) is 6.26. The third-order valence-corrected chi connectivity index (χ3v) is 7.37. The van der Waals surface area contributed by atoms with Crippen molar-refractivity contribution < 1.29 is 15.0 Å². The minimum absolute atomic E-state index is 0.205. The molecule has 2 saturated carbocycles. The molecule has 0 saturated heterocycles. The van der Waals surface area contributed by atoms with Crippen molar-refractivity contribution >= 4 is 6.29 Å². The maximum atomic E-state index is 12.3. The first-order valence-electron chi connectivity index (χ1n) is 9.01. The molecule has 0 amide bonds. The summed E-state index contributed by atoms with van der Waals surface area (Å²) in [5, 5.41) is 20.1. The number of aldehydes is 1. The molecule has 0 heterocycles. The van der Waals surface area contributed by atoms with Gasteiger partial charge in [0, 0.05) is 0 Å². The Morgan fingerprint density at radius 2 is 2.13 bits per heavy atom. The fourth-order valence-corrected chi connectivity index (χ4v) is 6.26. The number of aliphatic hydroxyl groups excluding tert-OH is 1. The Morgan fingerprint density at radius 1 is 1.30 bits per heavy atom. The van der Waals surface area contributed by atoms with Crippen LogP contribution in [0.5, 0.6) is 5.75 Å². The Balaban J connectivity index is 1.82. The number of hydrogen-bond acceptors (Lipinski definition) is 3. The number of aryl methyl sites for hydroxylation is 1. The average Bonchev–Trinajstić information content (AvgIpc) is 2.90. The van der Waals surface area contributed by atoms with E-state index in [1.54, 1.807) is 6.07 Å². The van der Waals surface area contributed by atoms with Crippen LogP contribution in [0.2, 0.25) is 0 Å². The molecule has 0 unspecified atom stereocenters. The topological polar surface area (TPSA) is 57.5 Å². The zero-order chi connectivity index (χ0) is 16.2. The van der Waals surface area contributed by atoms with E-state index in [4.69, 9.17) is 0 Å². The lowest BCUT2D eigenvalue weighted by atomic mass is 9.48. The second kappa shape index (κ2) is 5.07. The van der Waals surface area contributed by atoms with Gasteiger partial charge in [-0.1, -0.05) is 19.4 Å². The predicted octanol–water partition coefficient (Wildman–Crippen LogP) is 3.35. The summed E-state index contributed by atoms with van der Waals surface area (Å²) in [6.45, 7) is 2.24. The van der Waals surface area contributed by atoms with E-state index in [0.29, 0.717) is 17.6 Å². The molecule has 4 rings (SSSR count). The summed E-state index contributed by atoms with van der Waals surface area (Å²) < 4.78 is 0. The van der Waals surface area contributed by atoms with E-state index in [1.807, 2.05) is 12.1 Å². The second-order valence-corrected chi connectivity index (χ2v) is 8.06. The van der Waals surface area contributed by atoms with Crippen LogP contribution < -0.4 is 0 Å². The summed E-state index contributed by atoms with van der Waals surface area (Å²) in [6, 6.07) is 5.52. The SMILES string of the molecule is CC[C@]12CC[C@]3(C=O)c4ccc(O)cc4CC[C@H]3[C@@H]1C[C@@H](O)C2. The van der Waals surface area contributed by atoms with Crippen molar-refractivity contribution in [3.63, 3.8) is 0 Å². The Hall–Kier alpha value is -1.35. The fraction of sp³-hybridized carbons (Fsp3) is 0.650. The zero-order valence-electron chi connectivity index (χ0n) is 13.8. The molecule has 0 aliphatic heterocycles. The molecule has 0 spiro atoms.